The average molecular weight is 196 g/mol. The summed E-state index contributed by atoms with van der Waals surface area (Å²) < 4.78 is 0. The molecule has 0 aromatic rings. The summed E-state index contributed by atoms with van der Waals surface area (Å²) in [5.74, 6) is 2.12. The van der Waals surface area contributed by atoms with Crippen LogP contribution in [0.3, 0.4) is 0 Å². The van der Waals surface area contributed by atoms with Gasteiger partial charge in [0.05, 0.1) is 0 Å². The molecule has 0 aliphatic heterocycles. The minimum atomic E-state index is -1.29. The van der Waals surface area contributed by atoms with Crippen LogP contribution in [0, 0.1) is 11.5 Å². The van der Waals surface area contributed by atoms with Gasteiger partial charge in [0, 0.05) is 12.0 Å². The summed E-state index contributed by atoms with van der Waals surface area (Å²) in [6, 6.07) is 0. The van der Waals surface area contributed by atoms with E-state index in [1.54, 1.807) is 13.0 Å². The summed E-state index contributed by atoms with van der Waals surface area (Å²) >= 11 is 0. The first-order valence-electron chi connectivity index (χ1n) is 4.23. The molecular weight excluding hydrogens is 180 g/mol. The Hall–Kier alpha value is -1.01. The van der Waals surface area contributed by atoms with Crippen molar-refractivity contribution in [1.29, 1.82) is 0 Å². The van der Waals surface area contributed by atoms with Gasteiger partial charge >= 0.3 is 5.97 Å². The van der Waals surface area contributed by atoms with Crippen LogP contribution in [0.1, 0.15) is 13.3 Å². The minimum Gasteiger partial charge on any atom is -0.478 e. The maximum atomic E-state index is 10.4. The van der Waals surface area contributed by atoms with Gasteiger partial charge in [0.2, 0.25) is 0 Å². The third-order valence-electron chi connectivity index (χ3n) is 1.31. The minimum absolute atomic E-state index is 0.366. The van der Waals surface area contributed by atoms with E-state index in [9.17, 15) is 4.79 Å². The van der Waals surface area contributed by atoms with Crippen molar-refractivity contribution in [1.82, 2.24) is 0 Å². The van der Waals surface area contributed by atoms with E-state index in [1.165, 1.54) is 0 Å². The predicted octanol–water partition coefficient (Wildman–Crippen LogP) is 2.29. The zero-order valence-electron chi connectivity index (χ0n) is 8.64. The summed E-state index contributed by atoms with van der Waals surface area (Å²) in [5.41, 5.74) is 3.53. The lowest BCUT2D eigenvalue weighted by Gasteiger charge is -2.02. The average Bonchev–Trinajstić information content (AvgIpc) is 1.95. The number of aliphatic carboxylic acids is 1. The van der Waals surface area contributed by atoms with Gasteiger partial charge in [-0.25, -0.2) is 4.79 Å². The molecule has 0 aliphatic rings. The third kappa shape index (κ3) is 7.35. The van der Waals surface area contributed by atoms with Gasteiger partial charge in [0.15, 0.2) is 0 Å². The van der Waals surface area contributed by atoms with E-state index in [0.717, 1.165) is 0 Å². The van der Waals surface area contributed by atoms with E-state index in [1.807, 2.05) is 0 Å². The lowest BCUT2D eigenvalue weighted by molar-refractivity contribution is -0.132. The van der Waals surface area contributed by atoms with Gasteiger partial charge in [0.1, 0.15) is 8.07 Å². The molecule has 0 aliphatic carbocycles. The van der Waals surface area contributed by atoms with E-state index in [2.05, 4.69) is 31.1 Å². The van der Waals surface area contributed by atoms with Gasteiger partial charge in [-0.1, -0.05) is 25.7 Å². The molecule has 0 fully saturated rings. The smallest absolute Gasteiger partial charge is 0.330 e. The summed E-state index contributed by atoms with van der Waals surface area (Å²) in [4.78, 5) is 10.4. The fraction of sp³-hybridized carbons (Fsp3) is 0.500. The topological polar surface area (TPSA) is 37.3 Å². The molecule has 3 heteroatoms. The number of carboxylic acids is 1. The molecule has 0 atom stereocenters. The molecule has 0 rings (SSSR count). The number of allylic oxidation sites excluding steroid dienone is 1. The second kappa shape index (κ2) is 4.88. The molecule has 0 aromatic carbocycles. The molecule has 0 radical (unpaired) electrons. The molecule has 0 spiro atoms. The molecular formula is C10H16O2Si. The van der Waals surface area contributed by atoms with Gasteiger partial charge in [-0.15, -0.1) is 11.5 Å². The number of carboxylic acid groups (broad SMARTS) is 1. The van der Waals surface area contributed by atoms with E-state index in [0.29, 0.717) is 12.0 Å². The van der Waals surface area contributed by atoms with Crippen molar-refractivity contribution in [2.45, 2.75) is 33.0 Å². The van der Waals surface area contributed by atoms with Crippen molar-refractivity contribution in [2.24, 2.45) is 0 Å². The molecule has 0 bridgehead atoms. The van der Waals surface area contributed by atoms with Crippen LogP contribution in [0.5, 0.6) is 0 Å². The van der Waals surface area contributed by atoms with E-state index in [4.69, 9.17) is 5.11 Å². The third-order valence-corrected chi connectivity index (χ3v) is 2.24. The van der Waals surface area contributed by atoms with Crippen molar-refractivity contribution >= 4 is 14.0 Å². The van der Waals surface area contributed by atoms with Crippen LogP contribution in [0.15, 0.2) is 11.6 Å². The van der Waals surface area contributed by atoms with E-state index >= 15 is 0 Å². The second-order valence-corrected chi connectivity index (χ2v) is 8.70. The van der Waals surface area contributed by atoms with Crippen LogP contribution in [0.25, 0.3) is 0 Å². The van der Waals surface area contributed by atoms with E-state index in [-0.39, 0.29) is 0 Å². The van der Waals surface area contributed by atoms with Crippen molar-refractivity contribution in [2.75, 3.05) is 0 Å². The summed E-state index contributed by atoms with van der Waals surface area (Å²) in [5, 5.41) is 8.53. The SMILES string of the molecule is C/C(=C\CC#C[Si](C)(C)C)C(=O)O. The highest BCUT2D eigenvalue weighted by atomic mass is 28.3. The Labute approximate surface area is 80.7 Å². The normalized spacial score (nSPS) is 11.8. The molecule has 0 saturated carbocycles. The van der Waals surface area contributed by atoms with Gasteiger partial charge in [0.25, 0.3) is 0 Å². The largest absolute Gasteiger partial charge is 0.478 e. The maximum absolute atomic E-state index is 10.4. The second-order valence-electron chi connectivity index (χ2n) is 3.95. The maximum Gasteiger partial charge on any atom is 0.330 e. The molecule has 0 heterocycles. The van der Waals surface area contributed by atoms with Crippen LogP contribution >= 0.6 is 0 Å². The summed E-state index contributed by atoms with van der Waals surface area (Å²) in [6.07, 6.45) is 2.19. The molecule has 2 nitrogen and oxygen atoms in total. The Morgan fingerprint density at radius 2 is 2.00 bits per heavy atom. The predicted molar refractivity (Wildman–Crippen MR) is 57.1 cm³/mol. The van der Waals surface area contributed by atoms with Gasteiger partial charge in [-0.3, -0.25) is 0 Å². The van der Waals surface area contributed by atoms with Gasteiger partial charge in [-0.05, 0) is 6.92 Å². The van der Waals surface area contributed by atoms with Crippen LogP contribution in [0.4, 0.5) is 0 Å². The van der Waals surface area contributed by atoms with Crippen molar-refractivity contribution in [3.8, 4) is 11.5 Å². The van der Waals surface area contributed by atoms with Crippen LogP contribution < -0.4 is 0 Å². The Balaban J connectivity index is 4.11. The quantitative estimate of drug-likeness (QED) is 0.418. The monoisotopic (exact) mass is 196 g/mol. The molecule has 13 heavy (non-hydrogen) atoms. The molecule has 0 unspecified atom stereocenters. The molecule has 1 N–H and O–H groups in total. The zero-order chi connectivity index (χ0) is 10.5. The van der Waals surface area contributed by atoms with Crippen LogP contribution in [-0.4, -0.2) is 19.1 Å². The fourth-order valence-electron chi connectivity index (χ4n) is 0.608. The van der Waals surface area contributed by atoms with E-state index < -0.39 is 14.0 Å². The summed E-state index contributed by atoms with van der Waals surface area (Å²) in [6.45, 7) is 8.06. The highest BCUT2D eigenvalue weighted by Gasteiger charge is 2.06. The lowest BCUT2D eigenvalue weighted by Crippen LogP contribution is -2.16. The molecule has 0 aromatic heterocycles. The van der Waals surface area contributed by atoms with Crippen molar-refractivity contribution in [3.05, 3.63) is 11.6 Å². The Morgan fingerprint density at radius 3 is 2.38 bits per heavy atom. The number of hydrogen-bond donors (Lipinski definition) is 1. The Bertz CT molecular complexity index is 274. The van der Waals surface area contributed by atoms with Gasteiger partial charge < -0.3 is 5.11 Å². The van der Waals surface area contributed by atoms with Crippen LogP contribution in [0.2, 0.25) is 19.6 Å². The number of rotatable bonds is 2. The first-order valence-corrected chi connectivity index (χ1v) is 7.73. The molecule has 0 saturated heterocycles. The first-order chi connectivity index (χ1) is 5.83. The number of hydrogen-bond acceptors (Lipinski definition) is 1. The standard InChI is InChI=1S/C10H16O2Si/c1-9(10(11)12)7-5-6-8-13(2,3)4/h7H,5H2,1-4H3,(H,11,12)/b9-7+. The highest BCUT2D eigenvalue weighted by Crippen LogP contribution is 1.98. The zero-order valence-corrected chi connectivity index (χ0v) is 9.64. The lowest BCUT2D eigenvalue weighted by atomic mass is 10.2. The van der Waals surface area contributed by atoms with Crippen LogP contribution in [-0.2, 0) is 4.79 Å². The molecule has 0 amide bonds. The van der Waals surface area contributed by atoms with Crippen molar-refractivity contribution < 1.29 is 9.90 Å². The fourth-order valence-corrected chi connectivity index (χ4v) is 1.24. The highest BCUT2D eigenvalue weighted by molar-refractivity contribution is 6.83. The van der Waals surface area contributed by atoms with Crippen molar-refractivity contribution in [3.63, 3.8) is 0 Å². The molecule has 72 valence electrons. The van der Waals surface area contributed by atoms with Gasteiger partial charge in [-0.2, -0.15) is 0 Å². The Kier molecular flexibility index (Phi) is 4.50. The summed E-state index contributed by atoms with van der Waals surface area (Å²) in [7, 11) is -1.29. The number of carbonyl (C=O) groups is 1. The Morgan fingerprint density at radius 1 is 1.46 bits per heavy atom. The first kappa shape index (κ1) is 12.0.